The smallest absolute Gasteiger partial charge is 0.294 e. The number of fused-ring (bicyclic) bond motifs is 3. The van der Waals surface area contributed by atoms with E-state index in [0.717, 1.165) is 33.6 Å². The molecule has 5 rings (SSSR count). The number of sulfonamides is 1. The van der Waals surface area contributed by atoms with Crippen LogP contribution in [-0.2, 0) is 20.1 Å². The number of aryl methyl sites for hydroxylation is 2. The van der Waals surface area contributed by atoms with Gasteiger partial charge in [-0.25, -0.2) is 12.7 Å². The van der Waals surface area contributed by atoms with Gasteiger partial charge in [-0.15, -0.1) is 0 Å². The summed E-state index contributed by atoms with van der Waals surface area (Å²) in [6.45, 7) is 3.61. The summed E-state index contributed by atoms with van der Waals surface area (Å²) < 4.78 is 62.8. The third kappa shape index (κ3) is 4.96. The Morgan fingerprint density at radius 1 is 0.698 bits per heavy atom. The number of hydrogen-bond acceptors (Lipinski definition) is 10. The first-order valence-electron chi connectivity index (χ1n) is 12.2. The van der Waals surface area contributed by atoms with E-state index < -0.39 is 73.6 Å². The molecule has 1 aliphatic rings. The van der Waals surface area contributed by atoms with Crippen LogP contribution in [0.2, 0.25) is 0 Å². The van der Waals surface area contributed by atoms with E-state index in [9.17, 15) is 46.8 Å². The highest BCUT2D eigenvalue weighted by atomic mass is 32.2. The molecule has 4 aromatic rings. The molecule has 43 heavy (non-hydrogen) atoms. The quantitative estimate of drug-likeness (QED) is 0.106. The minimum atomic E-state index is -5.01. The highest BCUT2D eigenvalue weighted by Crippen LogP contribution is 2.49. The Morgan fingerprint density at radius 2 is 1.09 bits per heavy atom. The molecule has 0 heterocycles. The van der Waals surface area contributed by atoms with Crippen molar-refractivity contribution in [1.82, 2.24) is 0 Å². The summed E-state index contributed by atoms with van der Waals surface area (Å²) in [5, 5.41) is 37.3. The first-order chi connectivity index (χ1) is 20.1. The zero-order valence-corrected chi connectivity index (χ0v) is 23.8. The second-order valence-electron chi connectivity index (χ2n) is 9.61. The maximum atomic E-state index is 14.3. The molecule has 4 aromatic carbocycles. The molecule has 0 atom stereocenters. The Balaban J connectivity index is 1.83. The van der Waals surface area contributed by atoms with Crippen LogP contribution in [0, 0.1) is 34.1 Å². The zero-order valence-electron chi connectivity index (χ0n) is 22.2. The summed E-state index contributed by atoms with van der Waals surface area (Å²) in [7, 11) is -9.68. The third-order valence-electron chi connectivity index (χ3n) is 6.81. The van der Waals surface area contributed by atoms with Gasteiger partial charge in [-0.2, -0.15) is 8.42 Å². The lowest BCUT2D eigenvalue weighted by Gasteiger charge is -2.25. The Morgan fingerprint density at radius 3 is 1.47 bits per heavy atom. The first-order valence-corrected chi connectivity index (χ1v) is 15.1. The molecule has 16 heteroatoms. The number of hydrogen-bond donors (Lipinski definition) is 2. The van der Waals surface area contributed by atoms with Crippen LogP contribution >= 0.6 is 0 Å². The van der Waals surface area contributed by atoms with Crippen LogP contribution in [0.15, 0.2) is 87.7 Å². The maximum absolute atomic E-state index is 14.3. The molecule has 0 fully saturated rings. The van der Waals surface area contributed by atoms with Crippen LogP contribution < -0.4 is 4.31 Å². The van der Waals surface area contributed by atoms with E-state index in [0.29, 0.717) is 6.07 Å². The Labute approximate surface area is 244 Å². The summed E-state index contributed by atoms with van der Waals surface area (Å²) in [6, 6.07) is 15.8. The topological polar surface area (TPSA) is 211 Å². The van der Waals surface area contributed by atoms with Crippen LogP contribution in [0.5, 0.6) is 0 Å². The number of anilines is 2. The zero-order chi connectivity index (χ0) is 31.4. The molecule has 0 aliphatic heterocycles. The lowest BCUT2D eigenvalue weighted by Crippen LogP contribution is -2.26. The van der Waals surface area contributed by atoms with E-state index in [4.69, 9.17) is 0 Å². The molecule has 0 saturated carbocycles. The van der Waals surface area contributed by atoms with E-state index in [1.165, 1.54) is 0 Å². The highest BCUT2D eigenvalue weighted by molar-refractivity contribution is 7.93. The molecule has 0 unspecified atom stereocenters. The van der Waals surface area contributed by atoms with Gasteiger partial charge < -0.3 is 5.21 Å². The van der Waals surface area contributed by atoms with Crippen LogP contribution in [-0.4, -0.2) is 42.2 Å². The van der Waals surface area contributed by atoms with Gasteiger partial charge in [-0.05, 0) is 50.2 Å². The van der Waals surface area contributed by atoms with Gasteiger partial charge in [0.15, 0.2) is 0 Å². The Kier molecular flexibility index (Phi) is 7.00. The number of benzene rings is 4. The van der Waals surface area contributed by atoms with Gasteiger partial charge in [-0.3, -0.25) is 24.8 Å². The number of nitro groups is 2. The summed E-state index contributed by atoms with van der Waals surface area (Å²) in [6.07, 6.45) is 0. The number of oxime groups is 1. The van der Waals surface area contributed by atoms with Crippen molar-refractivity contribution in [3.05, 3.63) is 115 Å². The molecule has 0 bridgehead atoms. The summed E-state index contributed by atoms with van der Waals surface area (Å²) in [4.78, 5) is 20.7. The number of rotatable bonds is 7. The van der Waals surface area contributed by atoms with Gasteiger partial charge in [-0.1, -0.05) is 40.5 Å². The summed E-state index contributed by atoms with van der Waals surface area (Å²) in [5.41, 5.74) is -2.10. The average Bonchev–Trinajstić information content (AvgIpc) is 3.27. The molecule has 220 valence electrons. The maximum Gasteiger partial charge on any atom is 0.294 e. The molecule has 0 spiro atoms. The monoisotopic (exact) mass is 624 g/mol. The van der Waals surface area contributed by atoms with E-state index >= 15 is 0 Å². The van der Waals surface area contributed by atoms with Gasteiger partial charge in [0, 0.05) is 23.3 Å². The second kappa shape index (κ2) is 10.3. The fraction of sp³-hybridized carbons (Fsp3) is 0.0741. The Hall–Kier alpha value is -5.19. The predicted molar refractivity (Wildman–Crippen MR) is 154 cm³/mol. The molecule has 0 radical (unpaired) electrons. The van der Waals surface area contributed by atoms with E-state index in [1.54, 1.807) is 62.4 Å². The molecule has 0 aromatic heterocycles. The lowest BCUT2D eigenvalue weighted by molar-refractivity contribution is -0.386. The largest absolute Gasteiger partial charge is 0.410 e. The predicted octanol–water partition coefficient (Wildman–Crippen LogP) is 5.10. The van der Waals surface area contributed by atoms with E-state index in [-0.39, 0.29) is 16.9 Å². The van der Waals surface area contributed by atoms with Crippen LogP contribution in [0.25, 0.3) is 11.1 Å². The van der Waals surface area contributed by atoms with Gasteiger partial charge in [0.2, 0.25) is 0 Å². The lowest BCUT2D eigenvalue weighted by atomic mass is 10.0. The van der Waals surface area contributed by atoms with Gasteiger partial charge >= 0.3 is 0 Å². The van der Waals surface area contributed by atoms with Gasteiger partial charge in [0.25, 0.3) is 31.5 Å². The summed E-state index contributed by atoms with van der Waals surface area (Å²) in [5.74, 6) is 0. The average molecular weight is 625 g/mol. The van der Waals surface area contributed by atoms with Crippen molar-refractivity contribution in [3.8, 4) is 11.1 Å². The third-order valence-corrected chi connectivity index (χ3v) is 9.37. The van der Waals surface area contributed by atoms with Crippen molar-refractivity contribution in [2.75, 3.05) is 4.31 Å². The van der Waals surface area contributed by atoms with Crippen LogP contribution in [0.4, 0.5) is 22.7 Å². The molecule has 0 saturated heterocycles. The van der Waals surface area contributed by atoms with Crippen LogP contribution in [0.1, 0.15) is 22.3 Å². The first kappa shape index (κ1) is 29.3. The van der Waals surface area contributed by atoms with E-state index in [2.05, 4.69) is 5.16 Å². The van der Waals surface area contributed by atoms with Crippen molar-refractivity contribution >= 4 is 48.6 Å². The molecular weight excluding hydrogens is 604 g/mol. The fourth-order valence-corrected chi connectivity index (χ4v) is 6.90. The van der Waals surface area contributed by atoms with Crippen molar-refractivity contribution in [3.63, 3.8) is 0 Å². The van der Waals surface area contributed by atoms with Gasteiger partial charge in [0.1, 0.15) is 10.6 Å². The number of nitro benzene ring substituents is 2. The van der Waals surface area contributed by atoms with Gasteiger partial charge in [0.05, 0.1) is 37.2 Å². The standard InChI is InChI=1S/C27H20N4O10S2/c1-15-3-7-17(8-4-15)29(18-9-5-16(2)6-10-18)42(37,38)19-11-21-25(23(13-19)30(33)34)26-22(27(21)28-32)12-20(43(39,40)41)14-24(26)31(35)36/h3-14,32H,1-2H3,(H,39,40,41)/b28-27-. The molecule has 1 aliphatic carbocycles. The molecule has 0 amide bonds. The van der Waals surface area contributed by atoms with Crippen molar-refractivity contribution in [1.29, 1.82) is 0 Å². The molecular formula is C27H20N4O10S2. The Bertz CT molecular complexity index is 2050. The molecule has 14 nitrogen and oxygen atoms in total. The SMILES string of the molecule is Cc1ccc(N(c2ccc(C)cc2)S(=O)(=O)c2cc3c(c([N+](=O)[O-])c2)-c2c(cc(S(=O)(=O)O)cc2[N+](=O)[O-])/C3=N\O)cc1. The second-order valence-corrected chi connectivity index (χ2v) is 12.8. The number of nitrogens with zero attached hydrogens (tertiary/aromatic N) is 4. The van der Waals surface area contributed by atoms with Crippen LogP contribution in [0.3, 0.4) is 0 Å². The minimum Gasteiger partial charge on any atom is -0.410 e. The van der Waals surface area contributed by atoms with E-state index in [1.807, 2.05) is 0 Å². The minimum absolute atomic E-state index is 0.199. The van der Waals surface area contributed by atoms with Crippen molar-refractivity contribution in [2.45, 2.75) is 23.6 Å². The highest BCUT2D eigenvalue weighted by Gasteiger charge is 2.42. The van der Waals surface area contributed by atoms with Crippen molar-refractivity contribution < 1.29 is 36.4 Å². The normalized spacial score (nSPS) is 13.4. The summed E-state index contributed by atoms with van der Waals surface area (Å²) >= 11 is 0. The van der Waals surface area contributed by atoms with Crippen molar-refractivity contribution in [2.24, 2.45) is 5.16 Å². The fourth-order valence-electron chi connectivity index (χ4n) is 4.83. The molecule has 2 N–H and O–H groups in total.